The Morgan fingerprint density at radius 2 is 1.86 bits per heavy atom. The Morgan fingerprint density at radius 1 is 1.23 bits per heavy atom. The Balaban J connectivity index is 1.90. The first-order chi connectivity index (χ1) is 10.2. The third-order valence-electron chi connectivity index (χ3n) is 5.73. The van der Waals surface area contributed by atoms with Crippen LogP contribution >= 0.6 is 0 Å². The van der Waals surface area contributed by atoms with E-state index < -0.39 is 10.1 Å². The van der Waals surface area contributed by atoms with Gasteiger partial charge in [-0.2, -0.15) is 8.42 Å². The number of ketones is 1. The van der Waals surface area contributed by atoms with Crippen molar-refractivity contribution in [2.24, 2.45) is 16.7 Å². The topological polar surface area (TPSA) is 71.4 Å². The van der Waals surface area contributed by atoms with Crippen molar-refractivity contribution in [1.29, 1.82) is 0 Å². The molecule has 0 amide bonds. The third kappa shape index (κ3) is 2.15. The van der Waals surface area contributed by atoms with Gasteiger partial charge < -0.3 is 0 Å². The minimum Gasteiger partial charge on any atom is -0.299 e. The quantitative estimate of drug-likeness (QED) is 0.867. The standard InChI is InChI=1S/C17H20O4S/c1-16(2)13-8-10-17(16,15(18)11-13)9-7-12-3-5-14(6-4-12)22(19,20)21/h3-7,9,13H,8,10-11H2,1-2H3,(H,19,20,21). The minimum atomic E-state index is -4.17. The van der Waals surface area contributed by atoms with E-state index in [1.165, 1.54) is 12.1 Å². The van der Waals surface area contributed by atoms with Gasteiger partial charge in [-0.1, -0.05) is 38.1 Å². The lowest BCUT2D eigenvalue weighted by Gasteiger charge is -2.33. The Hall–Kier alpha value is -1.46. The van der Waals surface area contributed by atoms with Gasteiger partial charge in [0.25, 0.3) is 10.1 Å². The number of Topliss-reactive ketones (excluding diaryl/α,β-unsaturated/α-hetero) is 1. The molecule has 2 saturated carbocycles. The van der Waals surface area contributed by atoms with Crippen molar-refractivity contribution in [3.63, 3.8) is 0 Å². The lowest BCUT2D eigenvalue weighted by Crippen LogP contribution is -2.33. The van der Waals surface area contributed by atoms with Crippen LogP contribution < -0.4 is 0 Å². The zero-order valence-electron chi connectivity index (χ0n) is 12.7. The van der Waals surface area contributed by atoms with Crippen LogP contribution in [0.1, 0.15) is 38.7 Å². The fourth-order valence-corrected chi connectivity index (χ4v) is 4.57. The zero-order valence-corrected chi connectivity index (χ0v) is 13.6. The summed E-state index contributed by atoms with van der Waals surface area (Å²) in [7, 11) is -4.17. The minimum absolute atomic E-state index is 0.0189. The van der Waals surface area contributed by atoms with Crippen molar-refractivity contribution < 1.29 is 17.8 Å². The summed E-state index contributed by atoms with van der Waals surface area (Å²) < 4.78 is 31.0. The smallest absolute Gasteiger partial charge is 0.294 e. The average molecular weight is 320 g/mol. The highest BCUT2D eigenvalue weighted by molar-refractivity contribution is 7.85. The van der Waals surface area contributed by atoms with E-state index in [0.717, 1.165) is 18.4 Å². The molecule has 0 radical (unpaired) electrons. The van der Waals surface area contributed by atoms with Crippen LogP contribution in [0, 0.1) is 16.7 Å². The highest BCUT2D eigenvalue weighted by Gasteiger charge is 2.62. The summed E-state index contributed by atoms with van der Waals surface area (Å²) in [5, 5.41) is 0. The first-order valence-electron chi connectivity index (χ1n) is 7.47. The van der Waals surface area contributed by atoms with E-state index in [2.05, 4.69) is 13.8 Å². The van der Waals surface area contributed by atoms with Gasteiger partial charge in [-0.05, 0) is 41.9 Å². The summed E-state index contributed by atoms with van der Waals surface area (Å²) in [6, 6.07) is 6.00. The van der Waals surface area contributed by atoms with Crippen LogP contribution in [0.25, 0.3) is 6.08 Å². The second kappa shape index (κ2) is 4.77. The van der Waals surface area contributed by atoms with E-state index >= 15 is 0 Å². The molecule has 2 aliphatic carbocycles. The second-order valence-corrected chi connectivity index (χ2v) is 8.35. The maximum atomic E-state index is 12.4. The fraction of sp³-hybridized carbons (Fsp3) is 0.471. The molecule has 2 aliphatic rings. The summed E-state index contributed by atoms with van der Waals surface area (Å²) in [5.74, 6) is 0.783. The largest absolute Gasteiger partial charge is 0.299 e. The Bertz CT molecular complexity index is 743. The SMILES string of the molecule is CC1(C)C2CCC1(C=Cc1ccc(S(=O)(=O)O)cc1)C(=O)C2. The molecule has 0 aromatic heterocycles. The van der Waals surface area contributed by atoms with Crippen LogP contribution in [0.2, 0.25) is 0 Å². The van der Waals surface area contributed by atoms with Crippen LogP contribution in [0.15, 0.2) is 35.2 Å². The Morgan fingerprint density at radius 3 is 2.32 bits per heavy atom. The van der Waals surface area contributed by atoms with Crippen molar-refractivity contribution in [1.82, 2.24) is 0 Å². The summed E-state index contributed by atoms with van der Waals surface area (Å²) in [6.07, 6.45) is 6.54. The van der Waals surface area contributed by atoms with Crippen LogP contribution in [-0.4, -0.2) is 18.8 Å². The normalized spacial score (nSPS) is 30.3. The lowest BCUT2D eigenvalue weighted by molar-refractivity contribution is -0.126. The number of hydrogen-bond acceptors (Lipinski definition) is 3. The van der Waals surface area contributed by atoms with Crippen LogP contribution in [0.5, 0.6) is 0 Å². The molecule has 118 valence electrons. The molecule has 5 heteroatoms. The summed E-state index contributed by atoms with van der Waals surface area (Å²) in [5.41, 5.74) is 0.412. The highest BCUT2D eigenvalue weighted by Crippen LogP contribution is 2.64. The molecule has 0 aliphatic heterocycles. The fourth-order valence-electron chi connectivity index (χ4n) is 4.09. The van der Waals surface area contributed by atoms with Crippen molar-refractivity contribution in [2.45, 2.75) is 38.0 Å². The first-order valence-corrected chi connectivity index (χ1v) is 8.91. The molecule has 1 N–H and O–H groups in total. The molecular weight excluding hydrogens is 300 g/mol. The van der Waals surface area contributed by atoms with Gasteiger partial charge in [0.1, 0.15) is 5.78 Å². The van der Waals surface area contributed by atoms with E-state index in [0.29, 0.717) is 18.1 Å². The molecule has 3 rings (SSSR count). The van der Waals surface area contributed by atoms with Gasteiger partial charge >= 0.3 is 0 Å². The van der Waals surface area contributed by atoms with Crippen molar-refractivity contribution >= 4 is 22.0 Å². The van der Waals surface area contributed by atoms with Gasteiger partial charge in [-0.15, -0.1) is 0 Å². The Kier molecular flexibility index (Phi) is 3.34. The number of benzene rings is 1. The van der Waals surface area contributed by atoms with Crippen LogP contribution in [0.3, 0.4) is 0 Å². The number of fused-ring (bicyclic) bond motifs is 2. The lowest BCUT2D eigenvalue weighted by atomic mass is 9.68. The molecule has 2 bridgehead atoms. The number of rotatable bonds is 3. The molecule has 0 saturated heterocycles. The van der Waals surface area contributed by atoms with E-state index in [1.54, 1.807) is 12.1 Å². The molecule has 1 aromatic rings. The zero-order chi connectivity index (χ0) is 16.2. The maximum absolute atomic E-state index is 12.4. The monoisotopic (exact) mass is 320 g/mol. The average Bonchev–Trinajstić information content (AvgIpc) is 2.79. The molecule has 2 fully saturated rings. The molecule has 0 heterocycles. The summed E-state index contributed by atoms with van der Waals surface area (Å²) >= 11 is 0. The second-order valence-electron chi connectivity index (χ2n) is 6.93. The first kappa shape index (κ1) is 15.4. The summed E-state index contributed by atoms with van der Waals surface area (Å²) in [4.78, 5) is 12.3. The molecule has 2 unspecified atom stereocenters. The van der Waals surface area contributed by atoms with Crippen molar-refractivity contribution in [3.8, 4) is 0 Å². The molecule has 1 aromatic carbocycles. The molecule has 4 nitrogen and oxygen atoms in total. The molecule has 2 atom stereocenters. The van der Waals surface area contributed by atoms with Crippen molar-refractivity contribution in [3.05, 3.63) is 35.9 Å². The van der Waals surface area contributed by atoms with Crippen LogP contribution in [0.4, 0.5) is 0 Å². The van der Waals surface area contributed by atoms with Gasteiger partial charge in [0.05, 0.1) is 10.3 Å². The van der Waals surface area contributed by atoms with E-state index in [-0.39, 0.29) is 15.7 Å². The molecule has 22 heavy (non-hydrogen) atoms. The highest BCUT2D eigenvalue weighted by atomic mass is 32.2. The van der Waals surface area contributed by atoms with Crippen LogP contribution in [-0.2, 0) is 14.9 Å². The predicted molar refractivity (Wildman–Crippen MR) is 83.9 cm³/mol. The van der Waals surface area contributed by atoms with E-state index in [1.807, 2.05) is 12.2 Å². The number of hydrogen-bond donors (Lipinski definition) is 1. The van der Waals surface area contributed by atoms with E-state index in [4.69, 9.17) is 4.55 Å². The molecule has 0 spiro atoms. The van der Waals surface area contributed by atoms with Gasteiger partial charge in [-0.3, -0.25) is 9.35 Å². The number of allylic oxidation sites excluding steroid dienone is 1. The van der Waals surface area contributed by atoms with Gasteiger partial charge in [0.15, 0.2) is 0 Å². The maximum Gasteiger partial charge on any atom is 0.294 e. The molecular formula is C17H20O4S. The third-order valence-corrected chi connectivity index (χ3v) is 6.59. The predicted octanol–water partition coefficient (Wildman–Crippen LogP) is 3.34. The van der Waals surface area contributed by atoms with E-state index in [9.17, 15) is 13.2 Å². The van der Waals surface area contributed by atoms with Crippen molar-refractivity contribution in [2.75, 3.05) is 0 Å². The summed E-state index contributed by atoms with van der Waals surface area (Å²) in [6.45, 7) is 4.34. The Labute approximate surface area is 131 Å². The van der Waals surface area contributed by atoms with Gasteiger partial charge in [-0.25, -0.2) is 0 Å². The number of carbonyl (C=O) groups excluding carboxylic acids is 1. The number of carbonyl (C=O) groups is 1. The van der Waals surface area contributed by atoms with Gasteiger partial charge in [0, 0.05) is 6.42 Å². The van der Waals surface area contributed by atoms with Gasteiger partial charge in [0.2, 0.25) is 0 Å².